The zero-order valence-corrected chi connectivity index (χ0v) is 15.8. The standard InChI is InChI=1S/C18H13Cl2NO4S/c1-11-5-7-12(8-6-11)26(23,24)16-10-9-15(25-16)18(22)21-14-4-2-3-13(19)17(14)20/h2-10H,1H3,(H,21,22). The fraction of sp³-hybridized carbons (Fsp3) is 0.0556. The van der Waals surface area contributed by atoms with Crippen molar-refractivity contribution in [1.82, 2.24) is 0 Å². The molecule has 0 bridgehead atoms. The maximum absolute atomic E-state index is 12.6. The molecule has 1 heterocycles. The number of anilines is 1. The minimum Gasteiger partial charge on any atom is -0.439 e. The van der Waals surface area contributed by atoms with Crippen LogP contribution in [-0.4, -0.2) is 14.3 Å². The molecule has 0 unspecified atom stereocenters. The topological polar surface area (TPSA) is 76.4 Å². The van der Waals surface area contributed by atoms with Crippen LogP contribution in [0.5, 0.6) is 0 Å². The van der Waals surface area contributed by atoms with E-state index in [0.29, 0.717) is 5.69 Å². The Morgan fingerprint density at radius 1 is 1.00 bits per heavy atom. The van der Waals surface area contributed by atoms with Crippen molar-refractivity contribution in [2.24, 2.45) is 0 Å². The largest absolute Gasteiger partial charge is 0.439 e. The van der Waals surface area contributed by atoms with Crippen molar-refractivity contribution >= 4 is 44.6 Å². The van der Waals surface area contributed by atoms with Gasteiger partial charge in [-0.15, -0.1) is 0 Å². The molecule has 0 aliphatic carbocycles. The van der Waals surface area contributed by atoms with Gasteiger partial charge in [-0.05, 0) is 43.3 Å². The summed E-state index contributed by atoms with van der Waals surface area (Å²) in [6.07, 6.45) is 0. The summed E-state index contributed by atoms with van der Waals surface area (Å²) in [6.45, 7) is 1.85. The molecule has 0 radical (unpaired) electrons. The Morgan fingerprint density at radius 3 is 2.38 bits per heavy atom. The summed E-state index contributed by atoms with van der Waals surface area (Å²) in [4.78, 5) is 12.4. The molecule has 1 N–H and O–H groups in total. The lowest BCUT2D eigenvalue weighted by Crippen LogP contribution is -2.11. The van der Waals surface area contributed by atoms with Crippen molar-refractivity contribution < 1.29 is 17.6 Å². The Kier molecular flexibility index (Phi) is 5.09. The molecule has 2 aromatic carbocycles. The summed E-state index contributed by atoms with van der Waals surface area (Å²) >= 11 is 11.9. The van der Waals surface area contributed by atoms with E-state index in [1.165, 1.54) is 24.3 Å². The number of rotatable bonds is 4. The zero-order valence-electron chi connectivity index (χ0n) is 13.5. The molecule has 0 saturated carbocycles. The molecule has 8 heteroatoms. The number of furan rings is 1. The van der Waals surface area contributed by atoms with Crippen molar-refractivity contribution in [1.29, 1.82) is 0 Å². The number of hydrogen-bond donors (Lipinski definition) is 1. The van der Waals surface area contributed by atoms with E-state index in [1.807, 2.05) is 6.92 Å². The fourth-order valence-electron chi connectivity index (χ4n) is 2.20. The number of carbonyl (C=O) groups excluding carboxylic acids is 1. The average molecular weight is 410 g/mol. The lowest BCUT2D eigenvalue weighted by Gasteiger charge is -2.06. The molecule has 0 atom stereocenters. The Bertz CT molecular complexity index is 1070. The first-order valence-electron chi connectivity index (χ1n) is 7.46. The van der Waals surface area contributed by atoms with E-state index in [-0.39, 0.29) is 25.8 Å². The van der Waals surface area contributed by atoms with Gasteiger partial charge in [-0.3, -0.25) is 4.79 Å². The molecule has 5 nitrogen and oxygen atoms in total. The second-order valence-corrected chi connectivity index (χ2v) is 8.16. The zero-order chi connectivity index (χ0) is 18.9. The highest BCUT2D eigenvalue weighted by atomic mass is 35.5. The van der Waals surface area contributed by atoms with E-state index in [1.54, 1.807) is 30.3 Å². The fourth-order valence-corrected chi connectivity index (χ4v) is 3.73. The van der Waals surface area contributed by atoms with Crippen molar-refractivity contribution in [2.75, 3.05) is 5.32 Å². The molecule has 3 rings (SSSR count). The summed E-state index contributed by atoms with van der Waals surface area (Å²) in [7, 11) is -3.85. The van der Waals surface area contributed by atoms with Gasteiger partial charge in [0.15, 0.2) is 5.76 Å². The third-order valence-corrected chi connectivity index (χ3v) is 6.06. The quantitative estimate of drug-likeness (QED) is 0.658. The van der Waals surface area contributed by atoms with E-state index in [4.69, 9.17) is 27.6 Å². The molecule has 1 amide bonds. The Morgan fingerprint density at radius 2 is 1.69 bits per heavy atom. The predicted octanol–water partition coefficient (Wildman–Crippen LogP) is 4.98. The molecule has 134 valence electrons. The van der Waals surface area contributed by atoms with Crippen LogP contribution in [0.3, 0.4) is 0 Å². The maximum atomic E-state index is 12.6. The van der Waals surface area contributed by atoms with Gasteiger partial charge in [-0.1, -0.05) is 47.0 Å². The third-order valence-electron chi connectivity index (χ3n) is 3.60. The smallest absolute Gasteiger partial charge is 0.291 e. The summed E-state index contributed by atoms with van der Waals surface area (Å²) in [5.74, 6) is -0.800. The Balaban J connectivity index is 1.86. The number of amides is 1. The number of halogens is 2. The first-order chi connectivity index (χ1) is 12.3. The molecule has 3 aromatic rings. The normalized spacial score (nSPS) is 11.3. The molecule has 0 saturated heterocycles. The molecule has 0 aliphatic heterocycles. The third kappa shape index (κ3) is 3.62. The van der Waals surface area contributed by atoms with Gasteiger partial charge >= 0.3 is 0 Å². The lowest BCUT2D eigenvalue weighted by molar-refractivity contribution is 0.0991. The monoisotopic (exact) mass is 409 g/mol. The molecule has 0 aliphatic rings. The van der Waals surface area contributed by atoms with Crippen LogP contribution in [0, 0.1) is 6.92 Å². The number of sulfone groups is 1. The Hall–Kier alpha value is -2.28. The summed E-state index contributed by atoms with van der Waals surface area (Å²) in [6, 6.07) is 13.6. The van der Waals surface area contributed by atoms with Crippen LogP contribution in [0.25, 0.3) is 0 Å². The SMILES string of the molecule is Cc1ccc(S(=O)(=O)c2ccc(C(=O)Nc3cccc(Cl)c3Cl)o2)cc1. The van der Waals surface area contributed by atoms with Crippen molar-refractivity contribution in [2.45, 2.75) is 16.9 Å². The van der Waals surface area contributed by atoms with Gasteiger partial charge in [-0.25, -0.2) is 8.42 Å². The maximum Gasteiger partial charge on any atom is 0.291 e. The second kappa shape index (κ2) is 7.15. The van der Waals surface area contributed by atoms with Crippen LogP contribution >= 0.6 is 23.2 Å². The van der Waals surface area contributed by atoms with Gasteiger partial charge in [0.2, 0.25) is 14.9 Å². The van der Waals surface area contributed by atoms with E-state index >= 15 is 0 Å². The predicted molar refractivity (Wildman–Crippen MR) is 99.8 cm³/mol. The molecule has 0 fully saturated rings. The molecular weight excluding hydrogens is 397 g/mol. The van der Waals surface area contributed by atoms with Gasteiger partial charge in [0, 0.05) is 0 Å². The molecule has 0 spiro atoms. The number of hydrogen-bond acceptors (Lipinski definition) is 4. The van der Waals surface area contributed by atoms with Gasteiger partial charge in [0.25, 0.3) is 5.91 Å². The number of nitrogens with one attached hydrogen (secondary N) is 1. The summed E-state index contributed by atoms with van der Waals surface area (Å²) < 4.78 is 30.4. The molecule has 1 aromatic heterocycles. The van der Waals surface area contributed by atoms with E-state index in [9.17, 15) is 13.2 Å². The van der Waals surface area contributed by atoms with E-state index in [2.05, 4.69) is 5.32 Å². The van der Waals surface area contributed by atoms with Crippen LogP contribution in [0.15, 0.2) is 69.0 Å². The minimum atomic E-state index is -3.85. The van der Waals surface area contributed by atoms with E-state index < -0.39 is 15.7 Å². The van der Waals surface area contributed by atoms with Crippen LogP contribution in [0.1, 0.15) is 16.1 Å². The molecule has 26 heavy (non-hydrogen) atoms. The summed E-state index contributed by atoms with van der Waals surface area (Å²) in [5, 5.41) is 2.69. The van der Waals surface area contributed by atoms with Crippen LogP contribution in [-0.2, 0) is 9.84 Å². The number of carbonyl (C=O) groups is 1. The van der Waals surface area contributed by atoms with Crippen molar-refractivity contribution in [3.63, 3.8) is 0 Å². The van der Waals surface area contributed by atoms with E-state index in [0.717, 1.165) is 5.56 Å². The molecular formula is C18H13Cl2NO4S. The first kappa shape index (κ1) is 18.5. The van der Waals surface area contributed by atoms with Crippen LogP contribution < -0.4 is 5.32 Å². The highest BCUT2D eigenvalue weighted by Gasteiger charge is 2.23. The van der Waals surface area contributed by atoms with Gasteiger partial charge < -0.3 is 9.73 Å². The van der Waals surface area contributed by atoms with Crippen LogP contribution in [0.4, 0.5) is 5.69 Å². The lowest BCUT2D eigenvalue weighted by atomic mass is 10.2. The Labute approximate surface area is 160 Å². The number of aryl methyl sites for hydroxylation is 1. The minimum absolute atomic E-state index is 0.0855. The highest BCUT2D eigenvalue weighted by Crippen LogP contribution is 2.30. The second-order valence-electron chi connectivity index (χ2n) is 5.49. The van der Waals surface area contributed by atoms with Crippen molar-refractivity contribution in [3.8, 4) is 0 Å². The van der Waals surface area contributed by atoms with Gasteiger partial charge in [0.05, 0.1) is 20.6 Å². The van der Waals surface area contributed by atoms with Gasteiger partial charge in [0.1, 0.15) is 0 Å². The highest BCUT2D eigenvalue weighted by molar-refractivity contribution is 7.91. The number of benzene rings is 2. The van der Waals surface area contributed by atoms with Crippen LogP contribution in [0.2, 0.25) is 10.0 Å². The average Bonchev–Trinajstić information content (AvgIpc) is 3.10. The summed E-state index contributed by atoms with van der Waals surface area (Å²) in [5.41, 5.74) is 1.23. The van der Waals surface area contributed by atoms with Crippen molar-refractivity contribution in [3.05, 3.63) is 76.0 Å². The first-order valence-corrected chi connectivity index (χ1v) is 9.70. The van der Waals surface area contributed by atoms with Gasteiger partial charge in [-0.2, -0.15) is 0 Å².